The number of alkyl halides is 3. The van der Waals surface area contributed by atoms with Crippen molar-refractivity contribution in [1.29, 1.82) is 0 Å². The standard InChI is InChI=1S/C13H10ClF3N2O2/c1-6-11(21-7(2)18-6)12(20)19-10-4-3-8(14)5-9(10)13(15,16)17/h3-5H,1-2H3,(H,19,20). The second-order valence-corrected chi connectivity index (χ2v) is 4.73. The number of halogens is 4. The van der Waals surface area contributed by atoms with Crippen molar-refractivity contribution in [3.05, 3.63) is 46.1 Å². The van der Waals surface area contributed by atoms with Crippen LogP contribution >= 0.6 is 11.6 Å². The van der Waals surface area contributed by atoms with Crippen LogP contribution in [-0.2, 0) is 6.18 Å². The van der Waals surface area contributed by atoms with E-state index < -0.39 is 23.3 Å². The summed E-state index contributed by atoms with van der Waals surface area (Å²) in [7, 11) is 0. The summed E-state index contributed by atoms with van der Waals surface area (Å²) in [5.74, 6) is -0.679. The first-order valence-corrected chi connectivity index (χ1v) is 6.18. The molecule has 2 rings (SSSR count). The van der Waals surface area contributed by atoms with Crippen molar-refractivity contribution in [3.8, 4) is 0 Å². The molecule has 0 aliphatic heterocycles. The van der Waals surface area contributed by atoms with Crippen LogP contribution in [0.3, 0.4) is 0 Å². The van der Waals surface area contributed by atoms with E-state index in [0.717, 1.165) is 12.1 Å². The maximum absolute atomic E-state index is 12.9. The zero-order chi connectivity index (χ0) is 15.8. The number of carbonyl (C=O) groups is 1. The first-order chi connectivity index (χ1) is 9.68. The number of oxazole rings is 1. The molecule has 21 heavy (non-hydrogen) atoms. The van der Waals surface area contributed by atoms with Gasteiger partial charge in [0.05, 0.1) is 16.9 Å². The van der Waals surface area contributed by atoms with Crippen LogP contribution in [0.5, 0.6) is 0 Å². The van der Waals surface area contributed by atoms with Crippen LogP contribution in [0.2, 0.25) is 5.02 Å². The number of benzene rings is 1. The van der Waals surface area contributed by atoms with Gasteiger partial charge in [-0.2, -0.15) is 13.2 Å². The van der Waals surface area contributed by atoms with Gasteiger partial charge in [-0.15, -0.1) is 0 Å². The van der Waals surface area contributed by atoms with Crippen molar-refractivity contribution in [3.63, 3.8) is 0 Å². The molecule has 0 aliphatic carbocycles. The summed E-state index contributed by atoms with van der Waals surface area (Å²) in [6.07, 6.45) is -4.64. The van der Waals surface area contributed by atoms with Gasteiger partial charge < -0.3 is 9.73 Å². The van der Waals surface area contributed by atoms with E-state index in [-0.39, 0.29) is 16.7 Å². The van der Waals surface area contributed by atoms with Crippen molar-refractivity contribution in [2.45, 2.75) is 20.0 Å². The van der Waals surface area contributed by atoms with E-state index >= 15 is 0 Å². The number of hydrogen-bond acceptors (Lipinski definition) is 3. The molecule has 0 fully saturated rings. The maximum atomic E-state index is 12.9. The molecule has 0 radical (unpaired) electrons. The van der Waals surface area contributed by atoms with Crippen LogP contribution in [0.1, 0.15) is 27.7 Å². The SMILES string of the molecule is Cc1nc(C)c(C(=O)Nc2ccc(Cl)cc2C(F)(F)F)o1. The van der Waals surface area contributed by atoms with E-state index in [0.29, 0.717) is 5.69 Å². The van der Waals surface area contributed by atoms with Crippen molar-refractivity contribution in [2.75, 3.05) is 5.32 Å². The van der Waals surface area contributed by atoms with Gasteiger partial charge in [0.25, 0.3) is 5.91 Å². The van der Waals surface area contributed by atoms with E-state index in [2.05, 4.69) is 10.3 Å². The molecule has 8 heteroatoms. The number of nitrogens with zero attached hydrogens (tertiary/aromatic N) is 1. The minimum Gasteiger partial charge on any atom is -0.436 e. The van der Waals surface area contributed by atoms with Gasteiger partial charge in [0.15, 0.2) is 5.89 Å². The third-order valence-corrected chi connectivity index (χ3v) is 2.88. The molecule has 0 aliphatic rings. The highest BCUT2D eigenvalue weighted by molar-refractivity contribution is 6.30. The summed E-state index contributed by atoms with van der Waals surface area (Å²) in [5.41, 5.74) is -1.13. The van der Waals surface area contributed by atoms with Crippen molar-refractivity contribution < 1.29 is 22.4 Å². The molecule has 4 nitrogen and oxygen atoms in total. The molecule has 0 bridgehead atoms. The Morgan fingerprint density at radius 2 is 2.00 bits per heavy atom. The van der Waals surface area contributed by atoms with Gasteiger partial charge in [-0.1, -0.05) is 11.6 Å². The van der Waals surface area contributed by atoms with Crippen LogP contribution in [0.15, 0.2) is 22.6 Å². The highest BCUT2D eigenvalue weighted by Gasteiger charge is 2.34. The van der Waals surface area contributed by atoms with E-state index in [1.165, 1.54) is 19.9 Å². The van der Waals surface area contributed by atoms with Gasteiger partial charge in [-0.25, -0.2) is 4.98 Å². The molecule has 0 atom stereocenters. The Labute approximate surface area is 122 Å². The molecule has 1 N–H and O–H groups in total. The minimum atomic E-state index is -4.64. The number of rotatable bonds is 2. The predicted octanol–water partition coefficient (Wildman–Crippen LogP) is 4.22. The lowest BCUT2D eigenvalue weighted by atomic mass is 10.1. The fraction of sp³-hybridized carbons (Fsp3) is 0.231. The molecular weight excluding hydrogens is 309 g/mol. The Hall–Kier alpha value is -2.02. The Kier molecular flexibility index (Phi) is 3.95. The number of nitrogens with one attached hydrogen (secondary N) is 1. The Morgan fingerprint density at radius 3 is 2.52 bits per heavy atom. The number of anilines is 1. The maximum Gasteiger partial charge on any atom is 0.418 e. The second-order valence-electron chi connectivity index (χ2n) is 4.29. The number of hydrogen-bond donors (Lipinski definition) is 1. The zero-order valence-electron chi connectivity index (χ0n) is 11.0. The van der Waals surface area contributed by atoms with Crippen molar-refractivity contribution in [1.82, 2.24) is 4.98 Å². The predicted molar refractivity (Wildman–Crippen MR) is 70.4 cm³/mol. The third kappa shape index (κ3) is 3.36. The monoisotopic (exact) mass is 318 g/mol. The fourth-order valence-electron chi connectivity index (χ4n) is 1.78. The molecule has 0 saturated carbocycles. The number of amides is 1. The molecule has 0 spiro atoms. The van der Waals surface area contributed by atoms with Crippen LogP contribution < -0.4 is 5.32 Å². The summed E-state index contributed by atoms with van der Waals surface area (Å²) in [6.45, 7) is 3.06. The van der Waals surface area contributed by atoms with Gasteiger partial charge in [0, 0.05) is 11.9 Å². The molecule has 2 aromatic rings. The molecule has 1 amide bonds. The lowest BCUT2D eigenvalue weighted by Gasteiger charge is -2.13. The quantitative estimate of drug-likeness (QED) is 0.902. The van der Waals surface area contributed by atoms with Gasteiger partial charge in [-0.3, -0.25) is 4.79 Å². The van der Waals surface area contributed by atoms with Crippen LogP contribution in [-0.4, -0.2) is 10.9 Å². The molecule has 1 heterocycles. The molecule has 112 valence electrons. The second kappa shape index (κ2) is 5.40. The van der Waals surface area contributed by atoms with E-state index in [1.54, 1.807) is 0 Å². The highest BCUT2D eigenvalue weighted by Crippen LogP contribution is 2.36. The van der Waals surface area contributed by atoms with Crippen LogP contribution in [0.4, 0.5) is 18.9 Å². The molecule has 0 saturated heterocycles. The van der Waals surface area contributed by atoms with E-state index in [1.807, 2.05) is 0 Å². The highest BCUT2D eigenvalue weighted by atomic mass is 35.5. The summed E-state index contributed by atoms with van der Waals surface area (Å²) >= 11 is 5.56. The van der Waals surface area contributed by atoms with Gasteiger partial charge >= 0.3 is 6.18 Å². The summed E-state index contributed by atoms with van der Waals surface area (Å²) in [5, 5.41) is 2.09. The Balaban J connectivity index is 2.36. The topological polar surface area (TPSA) is 55.1 Å². The average molecular weight is 319 g/mol. The average Bonchev–Trinajstić information content (AvgIpc) is 2.69. The first-order valence-electron chi connectivity index (χ1n) is 5.80. The molecule has 1 aromatic carbocycles. The van der Waals surface area contributed by atoms with E-state index in [9.17, 15) is 18.0 Å². The number of aryl methyl sites for hydroxylation is 2. The summed E-state index contributed by atoms with van der Waals surface area (Å²) in [6, 6.07) is 3.09. The van der Waals surface area contributed by atoms with Gasteiger partial charge in [0.1, 0.15) is 0 Å². The number of carbonyl (C=O) groups excluding carboxylic acids is 1. The number of aromatic nitrogens is 1. The fourth-order valence-corrected chi connectivity index (χ4v) is 1.95. The Morgan fingerprint density at radius 1 is 1.33 bits per heavy atom. The normalized spacial score (nSPS) is 11.5. The Bertz CT molecular complexity index is 695. The van der Waals surface area contributed by atoms with Gasteiger partial charge in [0.2, 0.25) is 5.76 Å². The van der Waals surface area contributed by atoms with Crippen molar-refractivity contribution in [2.24, 2.45) is 0 Å². The lowest BCUT2D eigenvalue weighted by molar-refractivity contribution is -0.136. The summed E-state index contributed by atoms with van der Waals surface area (Å²) < 4.78 is 43.8. The molecule has 1 aromatic heterocycles. The third-order valence-electron chi connectivity index (χ3n) is 2.64. The molecular formula is C13H10ClF3N2O2. The van der Waals surface area contributed by atoms with Gasteiger partial charge in [-0.05, 0) is 25.1 Å². The molecule has 0 unspecified atom stereocenters. The first kappa shape index (κ1) is 15.4. The largest absolute Gasteiger partial charge is 0.436 e. The zero-order valence-corrected chi connectivity index (χ0v) is 11.8. The summed E-state index contributed by atoms with van der Waals surface area (Å²) in [4.78, 5) is 15.9. The smallest absolute Gasteiger partial charge is 0.418 e. The van der Waals surface area contributed by atoms with E-state index in [4.69, 9.17) is 16.0 Å². The lowest BCUT2D eigenvalue weighted by Crippen LogP contribution is -2.17. The van der Waals surface area contributed by atoms with Crippen LogP contribution in [0.25, 0.3) is 0 Å². The van der Waals surface area contributed by atoms with Crippen molar-refractivity contribution >= 4 is 23.2 Å². The van der Waals surface area contributed by atoms with Crippen LogP contribution in [0, 0.1) is 13.8 Å². The minimum absolute atomic E-state index is 0.0768.